The van der Waals surface area contributed by atoms with Crippen molar-refractivity contribution in [2.75, 3.05) is 0 Å². The monoisotopic (exact) mass is 461 g/mol. The summed E-state index contributed by atoms with van der Waals surface area (Å²) in [5.74, 6) is 0.627. The number of hydrogen-bond donors (Lipinski definition) is 2. The van der Waals surface area contributed by atoms with Crippen LogP contribution in [0.4, 0.5) is 0 Å². The zero-order valence-electron chi connectivity index (χ0n) is 19.4. The molecule has 0 radical (unpaired) electrons. The molecule has 2 N–H and O–H groups in total. The van der Waals surface area contributed by atoms with Crippen LogP contribution in [0.1, 0.15) is 34.7 Å². The molecule has 2 heterocycles. The summed E-state index contributed by atoms with van der Waals surface area (Å²) in [4.78, 5) is 20.7. The number of pyridine rings is 1. The molecule has 0 saturated heterocycles. The van der Waals surface area contributed by atoms with Crippen LogP contribution in [0.15, 0.2) is 109 Å². The van der Waals surface area contributed by atoms with Crippen molar-refractivity contribution < 1.29 is 9.53 Å². The molecule has 0 aliphatic heterocycles. The number of rotatable bonds is 9. The summed E-state index contributed by atoms with van der Waals surface area (Å²) in [7, 11) is 0. The second-order valence-corrected chi connectivity index (χ2v) is 8.49. The van der Waals surface area contributed by atoms with Gasteiger partial charge in [-0.1, -0.05) is 66.7 Å². The van der Waals surface area contributed by atoms with Gasteiger partial charge >= 0.3 is 0 Å². The molecule has 3 aromatic carbocycles. The van der Waals surface area contributed by atoms with Gasteiger partial charge in [0.15, 0.2) is 0 Å². The van der Waals surface area contributed by atoms with Gasteiger partial charge in [0.25, 0.3) is 0 Å². The molecule has 1 atom stereocenters. The highest BCUT2D eigenvalue weighted by Gasteiger charge is 2.22. The molecule has 1 unspecified atom stereocenters. The van der Waals surface area contributed by atoms with Crippen molar-refractivity contribution in [3.63, 3.8) is 0 Å². The standard InChI is InChI=1S/C30H27N3O2/c34-30(33-19-24-12-6-7-16-31-24)18-27(28-20-32-29-15-5-4-14-26(28)29)23-11-8-13-25(17-23)35-21-22-9-2-1-3-10-22/h1-17,20,27,32H,18-19,21H2,(H,33,34). The van der Waals surface area contributed by atoms with Gasteiger partial charge in [0, 0.05) is 35.6 Å². The Bertz CT molecular complexity index is 1400. The van der Waals surface area contributed by atoms with E-state index in [0.29, 0.717) is 19.6 Å². The Labute approximate surface area is 204 Å². The van der Waals surface area contributed by atoms with E-state index in [1.165, 1.54) is 0 Å². The fraction of sp³-hybridized carbons (Fsp3) is 0.133. The predicted molar refractivity (Wildman–Crippen MR) is 138 cm³/mol. The number of aromatic nitrogens is 2. The maximum atomic E-state index is 13.0. The number of para-hydroxylation sites is 1. The summed E-state index contributed by atoms with van der Waals surface area (Å²) in [6.45, 7) is 0.896. The minimum Gasteiger partial charge on any atom is -0.489 e. The van der Waals surface area contributed by atoms with Crippen LogP contribution in [0.2, 0.25) is 0 Å². The zero-order chi connectivity index (χ0) is 23.9. The number of carbonyl (C=O) groups excluding carboxylic acids is 1. The SMILES string of the molecule is O=C(CC(c1cccc(OCc2ccccc2)c1)c1c[nH]c2ccccc12)NCc1ccccn1. The van der Waals surface area contributed by atoms with Crippen LogP contribution in [0.5, 0.6) is 5.75 Å². The number of aromatic amines is 1. The van der Waals surface area contributed by atoms with E-state index < -0.39 is 0 Å². The lowest BCUT2D eigenvalue weighted by molar-refractivity contribution is -0.121. The van der Waals surface area contributed by atoms with E-state index in [9.17, 15) is 4.79 Å². The molecule has 0 fully saturated rings. The first-order valence-electron chi connectivity index (χ1n) is 11.8. The summed E-state index contributed by atoms with van der Waals surface area (Å²) < 4.78 is 6.08. The average molecular weight is 462 g/mol. The number of hydrogen-bond acceptors (Lipinski definition) is 3. The van der Waals surface area contributed by atoms with Crippen molar-refractivity contribution in [1.82, 2.24) is 15.3 Å². The molecular weight excluding hydrogens is 434 g/mol. The lowest BCUT2D eigenvalue weighted by atomic mass is 9.88. The van der Waals surface area contributed by atoms with E-state index >= 15 is 0 Å². The fourth-order valence-electron chi connectivity index (χ4n) is 4.30. The minimum atomic E-state index is -0.129. The predicted octanol–water partition coefficient (Wildman–Crippen LogP) is 5.98. The van der Waals surface area contributed by atoms with E-state index in [1.54, 1.807) is 6.20 Å². The Kier molecular flexibility index (Phi) is 6.85. The first kappa shape index (κ1) is 22.4. The van der Waals surface area contributed by atoms with Crippen LogP contribution < -0.4 is 10.1 Å². The number of benzene rings is 3. The van der Waals surface area contributed by atoms with Crippen molar-refractivity contribution >= 4 is 16.8 Å². The molecular formula is C30H27N3O2. The molecule has 0 saturated carbocycles. The summed E-state index contributed by atoms with van der Waals surface area (Å²) in [6.07, 6.45) is 4.06. The Morgan fingerprint density at radius 2 is 1.74 bits per heavy atom. The Hall–Kier alpha value is -4.38. The third kappa shape index (κ3) is 5.58. The van der Waals surface area contributed by atoms with Gasteiger partial charge in [-0.15, -0.1) is 0 Å². The van der Waals surface area contributed by atoms with Gasteiger partial charge in [0.2, 0.25) is 5.91 Å². The maximum Gasteiger partial charge on any atom is 0.221 e. The summed E-state index contributed by atoms with van der Waals surface area (Å²) in [6, 6.07) is 32.0. The van der Waals surface area contributed by atoms with Crippen molar-refractivity contribution in [2.45, 2.75) is 25.5 Å². The normalized spacial score (nSPS) is 11.8. The van der Waals surface area contributed by atoms with Crippen LogP contribution in [-0.2, 0) is 17.9 Å². The third-order valence-electron chi connectivity index (χ3n) is 6.09. The van der Waals surface area contributed by atoms with Gasteiger partial charge in [0.05, 0.1) is 12.2 Å². The molecule has 174 valence electrons. The fourth-order valence-corrected chi connectivity index (χ4v) is 4.30. The maximum absolute atomic E-state index is 13.0. The van der Waals surface area contributed by atoms with E-state index in [1.807, 2.05) is 85.1 Å². The summed E-state index contributed by atoms with van der Waals surface area (Å²) in [5, 5.41) is 4.14. The molecule has 5 rings (SSSR count). The van der Waals surface area contributed by atoms with Crippen LogP contribution >= 0.6 is 0 Å². The lowest BCUT2D eigenvalue weighted by Crippen LogP contribution is -2.25. The Morgan fingerprint density at radius 1 is 0.914 bits per heavy atom. The highest BCUT2D eigenvalue weighted by molar-refractivity contribution is 5.86. The summed E-state index contributed by atoms with van der Waals surface area (Å²) >= 11 is 0. The molecule has 5 heteroatoms. The van der Waals surface area contributed by atoms with Crippen LogP contribution in [0.3, 0.4) is 0 Å². The van der Waals surface area contributed by atoms with Gasteiger partial charge < -0.3 is 15.0 Å². The Balaban J connectivity index is 1.39. The highest BCUT2D eigenvalue weighted by Crippen LogP contribution is 2.35. The second kappa shape index (κ2) is 10.7. The average Bonchev–Trinajstić information content (AvgIpc) is 3.35. The molecule has 5 nitrogen and oxygen atoms in total. The quantitative estimate of drug-likeness (QED) is 0.284. The molecule has 0 aliphatic carbocycles. The minimum absolute atomic E-state index is 0.0264. The van der Waals surface area contributed by atoms with Crippen molar-refractivity contribution in [3.05, 3.63) is 132 Å². The van der Waals surface area contributed by atoms with Gasteiger partial charge in [0.1, 0.15) is 12.4 Å². The Morgan fingerprint density at radius 3 is 2.60 bits per heavy atom. The largest absolute Gasteiger partial charge is 0.489 e. The molecule has 0 aliphatic rings. The van der Waals surface area contributed by atoms with E-state index in [0.717, 1.165) is 39.0 Å². The molecule has 0 bridgehead atoms. The third-order valence-corrected chi connectivity index (χ3v) is 6.09. The van der Waals surface area contributed by atoms with E-state index in [2.05, 4.69) is 33.5 Å². The van der Waals surface area contributed by atoms with Crippen LogP contribution in [0.25, 0.3) is 10.9 Å². The molecule has 2 aromatic heterocycles. The first-order chi connectivity index (χ1) is 17.3. The highest BCUT2D eigenvalue weighted by atomic mass is 16.5. The molecule has 5 aromatic rings. The van der Waals surface area contributed by atoms with Gasteiger partial charge in [-0.25, -0.2) is 0 Å². The number of amides is 1. The summed E-state index contributed by atoms with van der Waals surface area (Å²) in [5.41, 5.74) is 5.13. The number of nitrogens with zero attached hydrogens (tertiary/aromatic N) is 1. The lowest BCUT2D eigenvalue weighted by Gasteiger charge is -2.18. The topological polar surface area (TPSA) is 67.0 Å². The van der Waals surface area contributed by atoms with Crippen molar-refractivity contribution in [1.29, 1.82) is 0 Å². The van der Waals surface area contributed by atoms with Crippen LogP contribution in [0, 0.1) is 0 Å². The van der Waals surface area contributed by atoms with Crippen molar-refractivity contribution in [2.24, 2.45) is 0 Å². The number of H-pyrrole nitrogens is 1. The van der Waals surface area contributed by atoms with E-state index in [-0.39, 0.29) is 11.8 Å². The van der Waals surface area contributed by atoms with Crippen molar-refractivity contribution in [3.8, 4) is 5.75 Å². The van der Waals surface area contributed by atoms with Gasteiger partial charge in [-0.3, -0.25) is 9.78 Å². The first-order valence-corrected chi connectivity index (χ1v) is 11.8. The number of nitrogens with one attached hydrogen (secondary N) is 2. The molecule has 0 spiro atoms. The zero-order valence-corrected chi connectivity index (χ0v) is 19.4. The van der Waals surface area contributed by atoms with Gasteiger partial charge in [-0.2, -0.15) is 0 Å². The number of fused-ring (bicyclic) bond motifs is 1. The smallest absolute Gasteiger partial charge is 0.221 e. The van der Waals surface area contributed by atoms with Gasteiger partial charge in [-0.05, 0) is 47.0 Å². The molecule has 35 heavy (non-hydrogen) atoms. The number of ether oxygens (including phenoxy) is 1. The molecule has 1 amide bonds. The number of carbonyl (C=O) groups is 1. The second-order valence-electron chi connectivity index (χ2n) is 8.49. The van der Waals surface area contributed by atoms with E-state index in [4.69, 9.17) is 4.74 Å². The van der Waals surface area contributed by atoms with Crippen LogP contribution in [-0.4, -0.2) is 15.9 Å².